The van der Waals surface area contributed by atoms with Crippen LogP contribution in [0.5, 0.6) is 0 Å². The Morgan fingerprint density at radius 2 is 2.11 bits per heavy atom. The van der Waals surface area contributed by atoms with Crippen LogP contribution in [0, 0.1) is 0 Å². The van der Waals surface area contributed by atoms with Gasteiger partial charge < -0.3 is 15.0 Å². The maximum atomic E-state index is 5.77. The number of benzene rings is 1. The van der Waals surface area contributed by atoms with Gasteiger partial charge in [-0.15, -0.1) is 0 Å². The first-order chi connectivity index (χ1) is 9.19. The number of morpholine rings is 1. The minimum absolute atomic E-state index is 0.316. The Bertz CT molecular complexity index is 377. The molecule has 2 unspecified atom stereocenters. The fourth-order valence-electron chi connectivity index (χ4n) is 2.46. The topological polar surface area (TPSA) is 24.5 Å². The molecule has 0 saturated carbocycles. The number of nitrogens with one attached hydrogen (secondary N) is 1. The fraction of sp³-hybridized carbons (Fsp3) is 0.625. The predicted octanol–water partition coefficient (Wildman–Crippen LogP) is 2.23. The third-order valence-electron chi connectivity index (χ3n) is 3.88. The van der Waals surface area contributed by atoms with Gasteiger partial charge in [0.05, 0.1) is 12.7 Å². The van der Waals surface area contributed by atoms with Crippen molar-refractivity contribution in [1.82, 2.24) is 10.2 Å². The molecule has 1 saturated heterocycles. The molecular formula is C16H26N2O. The highest BCUT2D eigenvalue weighted by Crippen LogP contribution is 2.14. The van der Waals surface area contributed by atoms with Crippen LogP contribution in [-0.4, -0.2) is 44.3 Å². The summed E-state index contributed by atoms with van der Waals surface area (Å²) < 4.78 is 5.77. The Balaban J connectivity index is 1.81. The SMILES string of the molecule is CCc1ccc(C(C)NCC2CN(C)CCO2)cc1. The van der Waals surface area contributed by atoms with Gasteiger partial charge in [0.2, 0.25) is 0 Å². The number of aryl methyl sites for hydroxylation is 1. The van der Waals surface area contributed by atoms with Gasteiger partial charge in [0, 0.05) is 25.7 Å². The van der Waals surface area contributed by atoms with Gasteiger partial charge in [-0.3, -0.25) is 0 Å². The van der Waals surface area contributed by atoms with Crippen LogP contribution in [0.2, 0.25) is 0 Å². The first-order valence-electron chi connectivity index (χ1n) is 7.31. The molecule has 1 fully saturated rings. The molecule has 2 atom stereocenters. The Hall–Kier alpha value is -0.900. The van der Waals surface area contributed by atoms with E-state index >= 15 is 0 Å². The van der Waals surface area contributed by atoms with E-state index < -0.39 is 0 Å². The normalized spacial score (nSPS) is 22.4. The van der Waals surface area contributed by atoms with E-state index in [1.54, 1.807) is 0 Å². The zero-order chi connectivity index (χ0) is 13.7. The second-order valence-electron chi connectivity index (χ2n) is 5.48. The van der Waals surface area contributed by atoms with E-state index in [1.807, 2.05) is 0 Å². The van der Waals surface area contributed by atoms with Crippen LogP contribution in [0.1, 0.15) is 31.0 Å². The van der Waals surface area contributed by atoms with Crippen molar-refractivity contribution in [1.29, 1.82) is 0 Å². The van der Waals surface area contributed by atoms with Crippen molar-refractivity contribution < 1.29 is 4.74 Å². The number of rotatable bonds is 5. The van der Waals surface area contributed by atoms with Gasteiger partial charge in [0.15, 0.2) is 0 Å². The average molecular weight is 262 g/mol. The molecule has 1 aromatic carbocycles. The molecule has 19 heavy (non-hydrogen) atoms. The third-order valence-corrected chi connectivity index (χ3v) is 3.88. The molecule has 1 aliphatic heterocycles. The molecule has 2 rings (SSSR count). The van der Waals surface area contributed by atoms with Gasteiger partial charge in [0.25, 0.3) is 0 Å². The Kier molecular flexibility index (Phi) is 5.37. The first-order valence-corrected chi connectivity index (χ1v) is 7.31. The minimum atomic E-state index is 0.316. The van der Waals surface area contributed by atoms with Crippen molar-refractivity contribution in [3.05, 3.63) is 35.4 Å². The zero-order valence-electron chi connectivity index (χ0n) is 12.4. The predicted molar refractivity (Wildman–Crippen MR) is 79.5 cm³/mol. The second kappa shape index (κ2) is 7.04. The van der Waals surface area contributed by atoms with E-state index in [9.17, 15) is 0 Å². The maximum absolute atomic E-state index is 5.77. The van der Waals surface area contributed by atoms with E-state index in [0.29, 0.717) is 12.1 Å². The summed E-state index contributed by atoms with van der Waals surface area (Å²) >= 11 is 0. The lowest BCUT2D eigenvalue weighted by Gasteiger charge is -2.31. The van der Waals surface area contributed by atoms with Crippen LogP contribution in [0.25, 0.3) is 0 Å². The summed E-state index contributed by atoms with van der Waals surface area (Å²) in [5, 5.41) is 3.57. The molecular weight excluding hydrogens is 236 g/mol. The molecule has 106 valence electrons. The summed E-state index contributed by atoms with van der Waals surface area (Å²) in [4.78, 5) is 2.33. The monoisotopic (exact) mass is 262 g/mol. The highest BCUT2D eigenvalue weighted by Gasteiger charge is 2.18. The molecule has 3 heteroatoms. The van der Waals surface area contributed by atoms with Crippen molar-refractivity contribution in [2.75, 3.05) is 33.3 Å². The second-order valence-corrected chi connectivity index (χ2v) is 5.48. The largest absolute Gasteiger partial charge is 0.374 e. The smallest absolute Gasteiger partial charge is 0.0826 e. The van der Waals surface area contributed by atoms with Gasteiger partial charge in [-0.2, -0.15) is 0 Å². The van der Waals surface area contributed by atoms with Gasteiger partial charge in [-0.1, -0.05) is 31.2 Å². The molecule has 1 aromatic rings. The summed E-state index contributed by atoms with van der Waals surface area (Å²) in [6, 6.07) is 9.27. The van der Waals surface area contributed by atoms with Crippen LogP contribution >= 0.6 is 0 Å². The quantitative estimate of drug-likeness (QED) is 0.880. The Morgan fingerprint density at radius 3 is 2.74 bits per heavy atom. The number of ether oxygens (including phenoxy) is 1. The molecule has 0 radical (unpaired) electrons. The maximum Gasteiger partial charge on any atom is 0.0826 e. The van der Waals surface area contributed by atoms with Gasteiger partial charge in [-0.25, -0.2) is 0 Å². The highest BCUT2D eigenvalue weighted by atomic mass is 16.5. The van der Waals surface area contributed by atoms with E-state index in [-0.39, 0.29) is 0 Å². The molecule has 3 nitrogen and oxygen atoms in total. The summed E-state index contributed by atoms with van der Waals surface area (Å²) in [6.45, 7) is 8.24. The zero-order valence-corrected chi connectivity index (χ0v) is 12.4. The molecule has 1 N–H and O–H groups in total. The molecule has 0 aromatic heterocycles. The number of nitrogens with zero attached hydrogens (tertiary/aromatic N) is 1. The fourth-order valence-corrected chi connectivity index (χ4v) is 2.46. The van der Waals surface area contributed by atoms with Gasteiger partial charge >= 0.3 is 0 Å². The van der Waals surface area contributed by atoms with E-state index in [1.165, 1.54) is 11.1 Å². The van der Waals surface area contributed by atoms with Crippen LogP contribution in [0.3, 0.4) is 0 Å². The molecule has 1 heterocycles. The summed E-state index contributed by atoms with van der Waals surface area (Å²) in [5.41, 5.74) is 2.74. The van der Waals surface area contributed by atoms with Crippen molar-refractivity contribution in [3.8, 4) is 0 Å². The molecule has 0 amide bonds. The van der Waals surface area contributed by atoms with E-state index in [4.69, 9.17) is 4.74 Å². The van der Waals surface area contributed by atoms with E-state index in [0.717, 1.165) is 32.7 Å². The molecule has 0 spiro atoms. The van der Waals surface area contributed by atoms with Crippen LogP contribution in [-0.2, 0) is 11.2 Å². The third kappa shape index (κ3) is 4.30. The van der Waals surface area contributed by atoms with Gasteiger partial charge in [-0.05, 0) is 31.5 Å². The van der Waals surface area contributed by atoms with Crippen molar-refractivity contribution in [2.24, 2.45) is 0 Å². The molecule has 0 aliphatic carbocycles. The lowest BCUT2D eigenvalue weighted by Crippen LogP contribution is -2.45. The van der Waals surface area contributed by atoms with E-state index in [2.05, 4.69) is 55.4 Å². The van der Waals surface area contributed by atoms with Crippen molar-refractivity contribution in [2.45, 2.75) is 32.4 Å². The molecule has 0 bridgehead atoms. The lowest BCUT2D eigenvalue weighted by atomic mass is 10.0. The Labute approximate surface area is 116 Å². The highest BCUT2D eigenvalue weighted by molar-refractivity contribution is 5.24. The van der Waals surface area contributed by atoms with Crippen LogP contribution < -0.4 is 5.32 Å². The van der Waals surface area contributed by atoms with Crippen molar-refractivity contribution in [3.63, 3.8) is 0 Å². The standard InChI is InChI=1S/C16H26N2O/c1-4-14-5-7-15(8-6-14)13(2)17-11-16-12-18(3)9-10-19-16/h5-8,13,16-17H,4,9-12H2,1-3H3. The lowest BCUT2D eigenvalue weighted by molar-refractivity contribution is -0.0190. The van der Waals surface area contributed by atoms with Crippen LogP contribution in [0.4, 0.5) is 0 Å². The average Bonchev–Trinajstić information content (AvgIpc) is 2.45. The number of hydrogen-bond donors (Lipinski definition) is 1. The first kappa shape index (κ1) is 14.5. The number of hydrogen-bond acceptors (Lipinski definition) is 3. The molecule has 1 aliphatic rings. The summed E-state index contributed by atoms with van der Waals surface area (Å²) in [7, 11) is 2.16. The number of likely N-dealkylation sites (N-methyl/N-ethyl adjacent to an activating group) is 1. The minimum Gasteiger partial charge on any atom is -0.374 e. The Morgan fingerprint density at radius 1 is 1.37 bits per heavy atom. The van der Waals surface area contributed by atoms with Gasteiger partial charge in [0.1, 0.15) is 0 Å². The summed E-state index contributed by atoms with van der Waals surface area (Å²) in [6.07, 6.45) is 1.42. The summed E-state index contributed by atoms with van der Waals surface area (Å²) in [5.74, 6) is 0. The van der Waals surface area contributed by atoms with Crippen molar-refractivity contribution >= 4 is 0 Å². The van der Waals surface area contributed by atoms with Crippen LogP contribution in [0.15, 0.2) is 24.3 Å².